The Morgan fingerprint density at radius 3 is 2.80 bits per heavy atom. The second-order valence-corrected chi connectivity index (χ2v) is 4.50. The zero-order chi connectivity index (χ0) is 11.0. The van der Waals surface area contributed by atoms with Gasteiger partial charge in [-0.05, 0) is 24.5 Å². The summed E-state index contributed by atoms with van der Waals surface area (Å²) in [7, 11) is 1.78. The van der Waals surface area contributed by atoms with Crippen molar-refractivity contribution in [3.63, 3.8) is 0 Å². The first-order valence-electron chi connectivity index (χ1n) is 5.38. The lowest BCUT2D eigenvalue weighted by molar-refractivity contribution is -0.128. The van der Waals surface area contributed by atoms with Gasteiger partial charge in [0.25, 0.3) is 0 Å². The highest BCUT2D eigenvalue weighted by atomic mass is 16.3. The van der Waals surface area contributed by atoms with Crippen LogP contribution in [0.15, 0.2) is 16.5 Å². The maximum absolute atomic E-state index is 11.0. The predicted molar refractivity (Wildman–Crippen MR) is 57.4 cm³/mol. The molecule has 0 aliphatic heterocycles. The van der Waals surface area contributed by atoms with Crippen LogP contribution in [0.4, 0.5) is 0 Å². The maximum Gasteiger partial charge on any atom is 0.219 e. The third-order valence-corrected chi connectivity index (χ3v) is 3.09. The van der Waals surface area contributed by atoms with E-state index in [1.54, 1.807) is 18.9 Å². The minimum Gasteiger partial charge on any atom is -0.464 e. The van der Waals surface area contributed by atoms with Crippen molar-refractivity contribution in [3.05, 3.63) is 23.7 Å². The fourth-order valence-corrected chi connectivity index (χ4v) is 1.74. The minimum absolute atomic E-state index is 0.0627. The first-order chi connectivity index (χ1) is 7.08. The number of furan rings is 1. The van der Waals surface area contributed by atoms with Crippen molar-refractivity contribution in [2.24, 2.45) is 5.92 Å². The highest BCUT2D eigenvalue weighted by Crippen LogP contribution is 2.47. The Labute approximate surface area is 90.1 Å². The smallest absolute Gasteiger partial charge is 0.219 e. The van der Waals surface area contributed by atoms with Gasteiger partial charge >= 0.3 is 0 Å². The van der Waals surface area contributed by atoms with Gasteiger partial charge in [0.15, 0.2) is 0 Å². The van der Waals surface area contributed by atoms with Crippen LogP contribution in [0.1, 0.15) is 37.7 Å². The number of nitrogens with zero attached hydrogens (tertiary/aromatic N) is 1. The van der Waals surface area contributed by atoms with Gasteiger partial charge in [0, 0.05) is 19.9 Å². The normalized spacial score (nSPS) is 23.9. The van der Waals surface area contributed by atoms with Crippen molar-refractivity contribution in [1.29, 1.82) is 0 Å². The molecule has 2 unspecified atom stereocenters. The molecule has 0 spiro atoms. The van der Waals surface area contributed by atoms with E-state index in [1.807, 2.05) is 12.1 Å². The van der Waals surface area contributed by atoms with Crippen LogP contribution in [0.2, 0.25) is 0 Å². The van der Waals surface area contributed by atoms with Crippen LogP contribution >= 0.6 is 0 Å². The topological polar surface area (TPSA) is 33.5 Å². The van der Waals surface area contributed by atoms with E-state index in [0.29, 0.717) is 12.5 Å². The third kappa shape index (κ3) is 2.22. The summed E-state index contributed by atoms with van der Waals surface area (Å²) in [4.78, 5) is 12.7. The minimum atomic E-state index is 0.0627. The van der Waals surface area contributed by atoms with Gasteiger partial charge in [-0.2, -0.15) is 0 Å². The molecular formula is C12H17NO2. The van der Waals surface area contributed by atoms with Crippen molar-refractivity contribution in [1.82, 2.24) is 4.90 Å². The molecule has 0 radical (unpaired) electrons. The molecule has 2 rings (SSSR count). The average molecular weight is 207 g/mol. The number of hydrogen-bond acceptors (Lipinski definition) is 2. The molecule has 1 saturated carbocycles. The summed E-state index contributed by atoms with van der Waals surface area (Å²) in [6.45, 7) is 4.36. The average Bonchev–Trinajstić information content (AvgIpc) is 2.73. The first kappa shape index (κ1) is 10.3. The molecule has 0 aromatic carbocycles. The molecule has 0 bridgehead atoms. The van der Waals surface area contributed by atoms with Gasteiger partial charge in [-0.1, -0.05) is 6.92 Å². The highest BCUT2D eigenvalue weighted by Gasteiger charge is 2.36. The molecule has 1 fully saturated rings. The Morgan fingerprint density at radius 1 is 1.60 bits per heavy atom. The molecule has 3 nitrogen and oxygen atoms in total. The Bertz CT molecular complexity index is 369. The number of carbonyl (C=O) groups is 1. The summed E-state index contributed by atoms with van der Waals surface area (Å²) < 4.78 is 5.70. The first-order valence-corrected chi connectivity index (χ1v) is 5.38. The lowest BCUT2D eigenvalue weighted by Crippen LogP contribution is -2.22. The summed E-state index contributed by atoms with van der Waals surface area (Å²) in [5.74, 6) is 3.39. The Balaban J connectivity index is 1.98. The lowest BCUT2D eigenvalue weighted by atomic mass is 10.3. The van der Waals surface area contributed by atoms with Gasteiger partial charge in [0.1, 0.15) is 11.5 Å². The molecule has 1 amide bonds. The third-order valence-electron chi connectivity index (χ3n) is 3.09. The van der Waals surface area contributed by atoms with Crippen LogP contribution in [0.5, 0.6) is 0 Å². The van der Waals surface area contributed by atoms with Gasteiger partial charge in [-0.15, -0.1) is 0 Å². The second kappa shape index (κ2) is 3.72. The number of rotatable bonds is 3. The standard InChI is InChI=1S/C12H17NO2/c1-8-6-11(8)12-5-4-10(15-12)7-13(3)9(2)14/h4-5,8,11H,6-7H2,1-3H3. The SMILES string of the molecule is CC(=O)N(C)Cc1ccc(C2CC2C)o1. The summed E-state index contributed by atoms with van der Waals surface area (Å²) in [6, 6.07) is 4.01. The van der Waals surface area contributed by atoms with Gasteiger partial charge < -0.3 is 9.32 Å². The largest absolute Gasteiger partial charge is 0.464 e. The molecule has 1 aromatic rings. The summed E-state index contributed by atoms with van der Waals surface area (Å²) >= 11 is 0. The van der Waals surface area contributed by atoms with E-state index in [0.717, 1.165) is 17.4 Å². The molecule has 1 heterocycles. The predicted octanol–water partition coefficient (Wildman–Crippen LogP) is 2.38. The van der Waals surface area contributed by atoms with Crippen molar-refractivity contribution in [2.75, 3.05) is 7.05 Å². The van der Waals surface area contributed by atoms with Crippen LogP contribution in [-0.4, -0.2) is 17.9 Å². The molecule has 0 N–H and O–H groups in total. The fraction of sp³-hybridized carbons (Fsp3) is 0.583. The summed E-state index contributed by atoms with van der Waals surface area (Å²) in [5.41, 5.74) is 0. The maximum atomic E-state index is 11.0. The zero-order valence-corrected chi connectivity index (χ0v) is 9.49. The van der Waals surface area contributed by atoms with Crippen molar-refractivity contribution in [3.8, 4) is 0 Å². The molecule has 15 heavy (non-hydrogen) atoms. The quantitative estimate of drug-likeness (QED) is 0.762. The Morgan fingerprint density at radius 2 is 2.27 bits per heavy atom. The number of hydrogen-bond donors (Lipinski definition) is 0. The molecular weight excluding hydrogens is 190 g/mol. The van der Waals surface area contributed by atoms with Crippen LogP contribution in [0.25, 0.3) is 0 Å². The van der Waals surface area contributed by atoms with E-state index in [9.17, 15) is 4.79 Å². The Kier molecular flexibility index (Phi) is 2.55. The van der Waals surface area contributed by atoms with E-state index in [4.69, 9.17) is 4.42 Å². The van der Waals surface area contributed by atoms with Gasteiger partial charge in [0.2, 0.25) is 5.91 Å². The molecule has 2 atom stereocenters. The van der Waals surface area contributed by atoms with Gasteiger partial charge in [-0.3, -0.25) is 4.79 Å². The van der Waals surface area contributed by atoms with Crippen molar-refractivity contribution in [2.45, 2.75) is 32.7 Å². The van der Waals surface area contributed by atoms with Crippen LogP contribution in [0, 0.1) is 5.92 Å². The fourth-order valence-electron chi connectivity index (χ4n) is 1.74. The van der Waals surface area contributed by atoms with Gasteiger partial charge in [-0.25, -0.2) is 0 Å². The molecule has 3 heteroatoms. The number of amides is 1. The summed E-state index contributed by atoms with van der Waals surface area (Å²) in [5, 5.41) is 0. The molecule has 1 aliphatic carbocycles. The van der Waals surface area contributed by atoms with Crippen LogP contribution in [-0.2, 0) is 11.3 Å². The second-order valence-electron chi connectivity index (χ2n) is 4.50. The molecule has 0 saturated heterocycles. The summed E-state index contributed by atoms with van der Waals surface area (Å²) in [6.07, 6.45) is 1.23. The van der Waals surface area contributed by atoms with E-state index in [2.05, 4.69) is 6.92 Å². The molecule has 1 aromatic heterocycles. The lowest BCUT2D eigenvalue weighted by Gasteiger charge is -2.12. The monoisotopic (exact) mass is 207 g/mol. The van der Waals surface area contributed by atoms with E-state index in [-0.39, 0.29) is 5.91 Å². The van der Waals surface area contributed by atoms with E-state index in [1.165, 1.54) is 6.42 Å². The van der Waals surface area contributed by atoms with E-state index < -0.39 is 0 Å². The zero-order valence-electron chi connectivity index (χ0n) is 9.49. The molecule has 82 valence electrons. The van der Waals surface area contributed by atoms with E-state index >= 15 is 0 Å². The van der Waals surface area contributed by atoms with Gasteiger partial charge in [0.05, 0.1) is 6.54 Å². The van der Waals surface area contributed by atoms with Crippen LogP contribution < -0.4 is 0 Å². The van der Waals surface area contributed by atoms with Crippen molar-refractivity contribution < 1.29 is 9.21 Å². The van der Waals surface area contributed by atoms with Crippen molar-refractivity contribution >= 4 is 5.91 Å². The van der Waals surface area contributed by atoms with Crippen LogP contribution in [0.3, 0.4) is 0 Å². The highest BCUT2D eigenvalue weighted by molar-refractivity contribution is 5.72. The molecule has 1 aliphatic rings. The Hall–Kier alpha value is -1.25. The number of carbonyl (C=O) groups excluding carboxylic acids is 1.